The number of ether oxygens (including phenoxy) is 4. The second kappa shape index (κ2) is 8.68. The second-order valence-electron chi connectivity index (χ2n) is 6.22. The first kappa shape index (κ1) is 20.3. The van der Waals surface area contributed by atoms with E-state index in [1.807, 2.05) is 0 Å². The van der Waals surface area contributed by atoms with Gasteiger partial charge in [-0.25, -0.2) is 4.79 Å². The standard InChI is InChI=1S/C22H22O7/c1-5-27-22(24)13(2)29-15-7-8-16-19(11-15)28-12-17(21(16)23)14-6-9-18(25-3)20(10-14)26-4/h6-13H,5H2,1-4H3/t13-/m1/s1. The molecule has 0 N–H and O–H groups in total. The molecule has 2 aromatic carbocycles. The summed E-state index contributed by atoms with van der Waals surface area (Å²) in [4.78, 5) is 24.7. The van der Waals surface area contributed by atoms with Crippen LogP contribution < -0.4 is 19.6 Å². The van der Waals surface area contributed by atoms with Gasteiger partial charge in [0.1, 0.15) is 17.6 Å². The molecular formula is C22H22O7. The minimum atomic E-state index is -0.773. The predicted octanol–water partition coefficient (Wildman–Crippen LogP) is 3.81. The monoisotopic (exact) mass is 398 g/mol. The molecule has 152 valence electrons. The highest BCUT2D eigenvalue weighted by molar-refractivity contribution is 5.83. The third-order valence-electron chi connectivity index (χ3n) is 4.37. The Bertz CT molecular complexity index is 1080. The normalized spacial score (nSPS) is 11.7. The lowest BCUT2D eigenvalue weighted by Gasteiger charge is -2.13. The van der Waals surface area contributed by atoms with Gasteiger partial charge in [-0.1, -0.05) is 6.07 Å². The minimum Gasteiger partial charge on any atom is -0.493 e. The van der Waals surface area contributed by atoms with Gasteiger partial charge in [-0.2, -0.15) is 0 Å². The molecule has 1 aromatic heterocycles. The van der Waals surface area contributed by atoms with Crippen LogP contribution in [0.25, 0.3) is 22.1 Å². The van der Waals surface area contributed by atoms with E-state index in [-0.39, 0.29) is 12.0 Å². The molecule has 0 saturated heterocycles. The van der Waals surface area contributed by atoms with Crippen molar-refractivity contribution in [3.8, 4) is 28.4 Å². The first-order valence-electron chi connectivity index (χ1n) is 9.09. The van der Waals surface area contributed by atoms with E-state index in [1.165, 1.54) is 13.4 Å². The topological polar surface area (TPSA) is 84.2 Å². The number of methoxy groups -OCH3 is 2. The van der Waals surface area contributed by atoms with Crippen LogP contribution in [-0.4, -0.2) is 32.9 Å². The van der Waals surface area contributed by atoms with Crippen LogP contribution in [-0.2, 0) is 9.53 Å². The fourth-order valence-electron chi connectivity index (χ4n) is 2.90. The van der Waals surface area contributed by atoms with E-state index >= 15 is 0 Å². The van der Waals surface area contributed by atoms with E-state index < -0.39 is 12.1 Å². The molecule has 7 nitrogen and oxygen atoms in total. The largest absolute Gasteiger partial charge is 0.493 e. The molecule has 0 radical (unpaired) electrons. The van der Waals surface area contributed by atoms with E-state index in [2.05, 4.69) is 0 Å². The van der Waals surface area contributed by atoms with Crippen LogP contribution in [0.2, 0.25) is 0 Å². The van der Waals surface area contributed by atoms with E-state index in [4.69, 9.17) is 23.4 Å². The van der Waals surface area contributed by atoms with Gasteiger partial charge in [-0.15, -0.1) is 0 Å². The van der Waals surface area contributed by atoms with Crippen molar-refractivity contribution in [3.05, 3.63) is 52.9 Å². The van der Waals surface area contributed by atoms with Gasteiger partial charge >= 0.3 is 5.97 Å². The van der Waals surface area contributed by atoms with Crippen LogP contribution in [0.15, 0.2) is 51.9 Å². The van der Waals surface area contributed by atoms with Gasteiger partial charge in [-0.3, -0.25) is 4.79 Å². The molecule has 0 unspecified atom stereocenters. The number of fused-ring (bicyclic) bond motifs is 1. The Morgan fingerprint density at radius 1 is 1.07 bits per heavy atom. The van der Waals surface area contributed by atoms with Crippen molar-refractivity contribution >= 4 is 16.9 Å². The Morgan fingerprint density at radius 2 is 1.83 bits per heavy atom. The summed E-state index contributed by atoms with van der Waals surface area (Å²) in [6, 6.07) is 10.0. The van der Waals surface area contributed by atoms with Gasteiger partial charge in [0.25, 0.3) is 0 Å². The summed E-state index contributed by atoms with van der Waals surface area (Å²) in [5.41, 5.74) is 1.21. The summed E-state index contributed by atoms with van der Waals surface area (Å²) >= 11 is 0. The van der Waals surface area contributed by atoms with Crippen molar-refractivity contribution in [1.82, 2.24) is 0 Å². The van der Waals surface area contributed by atoms with Crippen molar-refractivity contribution in [2.75, 3.05) is 20.8 Å². The number of rotatable bonds is 7. The molecule has 29 heavy (non-hydrogen) atoms. The fourth-order valence-corrected chi connectivity index (χ4v) is 2.90. The Hall–Kier alpha value is -3.48. The summed E-state index contributed by atoms with van der Waals surface area (Å²) in [5, 5.41) is 0.397. The van der Waals surface area contributed by atoms with Crippen LogP contribution in [0.5, 0.6) is 17.2 Å². The SMILES string of the molecule is CCOC(=O)[C@@H](C)Oc1ccc2c(=O)c(-c3ccc(OC)c(OC)c3)coc2c1. The molecule has 3 aromatic rings. The smallest absolute Gasteiger partial charge is 0.347 e. The fraction of sp³-hybridized carbons (Fsp3) is 0.273. The average molecular weight is 398 g/mol. The number of carbonyl (C=O) groups is 1. The maximum absolute atomic E-state index is 13.0. The third kappa shape index (κ3) is 4.18. The summed E-state index contributed by atoms with van der Waals surface area (Å²) < 4.78 is 26.7. The molecule has 1 atom stereocenters. The number of esters is 1. The van der Waals surface area contributed by atoms with Crippen LogP contribution in [0.1, 0.15) is 13.8 Å². The predicted molar refractivity (Wildman–Crippen MR) is 108 cm³/mol. The second-order valence-corrected chi connectivity index (χ2v) is 6.22. The highest BCUT2D eigenvalue weighted by Gasteiger charge is 2.17. The van der Waals surface area contributed by atoms with Crippen LogP contribution >= 0.6 is 0 Å². The lowest BCUT2D eigenvalue weighted by Crippen LogP contribution is -2.26. The zero-order chi connectivity index (χ0) is 21.0. The first-order valence-corrected chi connectivity index (χ1v) is 9.09. The zero-order valence-corrected chi connectivity index (χ0v) is 16.7. The first-order chi connectivity index (χ1) is 14.0. The molecule has 0 amide bonds. The summed E-state index contributed by atoms with van der Waals surface area (Å²) in [5.74, 6) is 1.03. The van der Waals surface area contributed by atoms with E-state index in [9.17, 15) is 9.59 Å². The molecule has 0 spiro atoms. The molecule has 0 fully saturated rings. The summed E-state index contributed by atoms with van der Waals surface area (Å²) in [7, 11) is 3.08. The number of benzene rings is 2. The highest BCUT2D eigenvalue weighted by Crippen LogP contribution is 2.32. The number of carbonyl (C=O) groups excluding carboxylic acids is 1. The number of hydrogen-bond donors (Lipinski definition) is 0. The zero-order valence-electron chi connectivity index (χ0n) is 16.7. The van der Waals surface area contributed by atoms with Gasteiger partial charge < -0.3 is 23.4 Å². The van der Waals surface area contributed by atoms with Crippen molar-refractivity contribution in [2.45, 2.75) is 20.0 Å². The van der Waals surface area contributed by atoms with Crippen molar-refractivity contribution < 1.29 is 28.2 Å². The molecule has 1 heterocycles. The third-order valence-corrected chi connectivity index (χ3v) is 4.37. The molecule has 0 aliphatic carbocycles. The molecule has 7 heteroatoms. The maximum Gasteiger partial charge on any atom is 0.347 e. The average Bonchev–Trinajstić information content (AvgIpc) is 2.73. The molecule has 0 bridgehead atoms. The molecule has 0 saturated carbocycles. The number of hydrogen-bond acceptors (Lipinski definition) is 7. The van der Waals surface area contributed by atoms with Gasteiger partial charge in [0.2, 0.25) is 0 Å². The van der Waals surface area contributed by atoms with Gasteiger partial charge in [0.05, 0.1) is 31.8 Å². The lowest BCUT2D eigenvalue weighted by atomic mass is 10.0. The van der Waals surface area contributed by atoms with E-state index in [0.717, 1.165) is 0 Å². The van der Waals surface area contributed by atoms with Gasteiger partial charge in [-0.05, 0) is 43.7 Å². The Balaban J connectivity index is 1.95. The summed E-state index contributed by atoms with van der Waals surface area (Å²) in [6.45, 7) is 3.60. The van der Waals surface area contributed by atoms with Crippen molar-refractivity contribution in [2.24, 2.45) is 0 Å². The van der Waals surface area contributed by atoms with Gasteiger partial charge in [0, 0.05) is 6.07 Å². The Morgan fingerprint density at radius 3 is 2.52 bits per heavy atom. The van der Waals surface area contributed by atoms with Crippen LogP contribution in [0.4, 0.5) is 0 Å². The van der Waals surface area contributed by atoms with Gasteiger partial charge in [0.15, 0.2) is 23.0 Å². The van der Waals surface area contributed by atoms with Crippen LogP contribution in [0, 0.1) is 0 Å². The molecule has 3 rings (SSSR count). The summed E-state index contributed by atoms with van der Waals surface area (Å²) in [6.07, 6.45) is 0.620. The quantitative estimate of drug-likeness (QED) is 0.560. The van der Waals surface area contributed by atoms with Crippen LogP contribution in [0.3, 0.4) is 0 Å². The van der Waals surface area contributed by atoms with Crippen molar-refractivity contribution in [1.29, 1.82) is 0 Å². The minimum absolute atomic E-state index is 0.191. The Kier molecular flexibility index (Phi) is 6.07. The lowest BCUT2D eigenvalue weighted by molar-refractivity contribution is -0.150. The van der Waals surface area contributed by atoms with Crippen molar-refractivity contribution in [3.63, 3.8) is 0 Å². The van der Waals surface area contributed by atoms with E-state index in [0.29, 0.717) is 39.3 Å². The molecule has 0 aliphatic rings. The Labute approximate surface area is 167 Å². The molecular weight excluding hydrogens is 376 g/mol. The van der Waals surface area contributed by atoms with E-state index in [1.54, 1.807) is 57.4 Å². The molecule has 0 aliphatic heterocycles. The highest BCUT2D eigenvalue weighted by atomic mass is 16.6. The maximum atomic E-state index is 13.0.